The molecular weight excluding hydrogens is 816 g/mol. The molecule has 3 unspecified atom stereocenters. The Hall–Kier alpha value is -4.49. The Bertz CT molecular complexity index is 2380. The molecule has 20 heteroatoms. The predicted octanol–water partition coefficient (Wildman–Crippen LogP) is 7.19. The second-order valence-electron chi connectivity index (χ2n) is 16.6. The van der Waals surface area contributed by atoms with Crippen LogP contribution in [0.3, 0.4) is 0 Å². The summed E-state index contributed by atoms with van der Waals surface area (Å²) in [4.78, 5) is 42.7. The summed E-state index contributed by atoms with van der Waals surface area (Å²) in [5, 5.41) is -0.267. The number of imidazole rings is 2. The highest BCUT2D eigenvalue weighted by molar-refractivity contribution is 7.38. The Morgan fingerprint density at radius 2 is 1.60 bits per heavy atom. The molecular formula is C40H49F2N9O7PSi+. The number of aromatic nitrogens is 8. The standard InChI is InChI=1S/C40H49F2N9O7PSi/c1-7-26-32-28(41)38(55-26)50-21-47-30-25(43-19-44-34(30)50)16-12-9-13-17-49(37(52)24-14-10-8-11-15-24)35-31-36(46-20-45-35)51(22-48-31)39-29(42)33(58-60(5,6)40(2,3)4)27(56-39)18-54-23-59(53)57-32/h8-11,13-15,19-22,26-29,32-33,38-39H,7,12,16-18,23H2,1-6H3/q+1/b13-9+/t26-,27-,28-,29-,32-,33-,38?,39?/m1/s1. The van der Waals surface area contributed by atoms with E-state index in [1.165, 1.54) is 39.3 Å². The van der Waals surface area contributed by atoms with Crippen LogP contribution in [0.5, 0.6) is 0 Å². The van der Waals surface area contributed by atoms with E-state index in [2.05, 4.69) is 50.7 Å². The van der Waals surface area contributed by atoms with Crippen molar-refractivity contribution in [2.24, 2.45) is 0 Å². The van der Waals surface area contributed by atoms with Crippen molar-refractivity contribution in [1.29, 1.82) is 0 Å². The Morgan fingerprint density at radius 3 is 2.32 bits per heavy atom. The van der Waals surface area contributed by atoms with Crippen LogP contribution in [0.15, 0.2) is 67.8 Å². The third kappa shape index (κ3) is 8.03. The van der Waals surface area contributed by atoms with Gasteiger partial charge >= 0.3 is 8.03 Å². The third-order valence-electron chi connectivity index (χ3n) is 11.7. The largest absolute Gasteiger partial charge is 0.537 e. The lowest BCUT2D eigenvalue weighted by atomic mass is 10.1. The van der Waals surface area contributed by atoms with Gasteiger partial charge in [-0.15, -0.1) is 4.52 Å². The molecule has 0 radical (unpaired) electrons. The minimum Gasteiger partial charge on any atom is -0.408 e. The molecule has 2 saturated heterocycles. The van der Waals surface area contributed by atoms with E-state index in [9.17, 15) is 9.36 Å². The number of carbonyl (C=O) groups is 1. The van der Waals surface area contributed by atoms with Crippen molar-refractivity contribution in [2.45, 2.75) is 114 Å². The van der Waals surface area contributed by atoms with Gasteiger partial charge in [0.15, 0.2) is 61.8 Å². The van der Waals surface area contributed by atoms with Gasteiger partial charge in [-0.1, -0.05) is 58.0 Å². The van der Waals surface area contributed by atoms with Crippen molar-refractivity contribution in [3.8, 4) is 0 Å². The zero-order valence-electron chi connectivity index (χ0n) is 34.3. The molecule has 5 aromatic rings. The first kappa shape index (κ1) is 42.2. The summed E-state index contributed by atoms with van der Waals surface area (Å²) in [6, 6.07) is 8.81. The molecule has 0 saturated carbocycles. The number of allylic oxidation sites excluding steroid dienone is 1. The van der Waals surface area contributed by atoms with Gasteiger partial charge in [0, 0.05) is 12.1 Å². The minimum absolute atomic E-state index is 0.120. The highest BCUT2D eigenvalue weighted by Gasteiger charge is 2.53. The summed E-state index contributed by atoms with van der Waals surface area (Å²) >= 11 is 0. The number of amides is 1. The lowest BCUT2D eigenvalue weighted by Crippen LogP contribution is -2.49. The van der Waals surface area contributed by atoms with E-state index in [1.807, 2.05) is 38.2 Å². The summed E-state index contributed by atoms with van der Waals surface area (Å²) in [6.07, 6.45) is 0.578. The first-order valence-corrected chi connectivity index (χ1v) is 24.4. The summed E-state index contributed by atoms with van der Waals surface area (Å²) in [5.74, 6) is -0.101. The lowest BCUT2D eigenvalue weighted by molar-refractivity contribution is -0.0564. The first-order chi connectivity index (χ1) is 28.8. The molecule has 0 aliphatic carbocycles. The average molecular weight is 865 g/mol. The van der Waals surface area contributed by atoms with Crippen molar-refractivity contribution in [3.63, 3.8) is 0 Å². The maximum absolute atomic E-state index is 17.0. The normalized spacial score (nSPS) is 28.3. The number of nitrogens with zero attached hydrogens (tertiary/aromatic N) is 9. The number of hydrogen-bond acceptors (Lipinski definition) is 13. The van der Waals surface area contributed by atoms with Crippen LogP contribution in [0.1, 0.15) is 69.0 Å². The fourth-order valence-electron chi connectivity index (χ4n) is 7.50. The molecule has 1 aromatic carbocycles. The smallest absolute Gasteiger partial charge is 0.408 e. The lowest BCUT2D eigenvalue weighted by Gasteiger charge is -2.39. The number of anilines is 1. The molecule has 7 heterocycles. The second-order valence-corrected chi connectivity index (χ2v) is 22.5. The zero-order valence-corrected chi connectivity index (χ0v) is 36.2. The van der Waals surface area contributed by atoms with Crippen LogP contribution in [0, 0.1) is 0 Å². The van der Waals surface area contributed by atoms with Gasteiger partial charge in [0.1, 0.15) is 30.4 Å². The van der Waals surface area contributed by atoms with Crippen LogP contribution < -0.4 is 4.90 Å². The van der Waals surface area contributed by atoms with Gasteiger partial charge in [-0.25, -0.2) is 38.7 Å². The molecule has 16 nitrogen and oxygen atoms in total. The van der Waals surface area contributed by atoms with Crippen LogP contribution in [0.4, 0.5) is 14.6 Å². The average Bonchev–Trinajstić information content (AvgIpc) is 4.00. The highest BCUT2D eigenvalue weighted by atomic mass is 31.1. The van der Waals surface area contributed by atoms with E-state index in [0.717, 1.165) is 0 Å². The SMILES string of the molecule is CC[C@H]1OC2[C@H](F)[C@@H]1O[P+](=O)COC[C@H]1OC([C@H](F)[C@@H]1O[Si](C)(C)C(C)(C)C)n1cnc3c(ncnc31)N(C(=O)c1ccccc1)C/C=C/CCc1ncnc3c1ncn32. The van der Waals surface area contributed by atoms with Crippen molar-refractivity contribution in [3.05, 3.63) is 79.1 Å². The third-order valence-corrected chi connectivity index (χ3v) is 17.1. The first-order valence-electron chi connectivity index (χ1n) is 20.1. The van der Waals surface area contributed by atoms with Gasteiger partial charge in [-0.05, 0) is 54.1 Å². The Morgan fingerprint density at radius 1 is 0.917 bits per heavy atom. The molecule has 9 atom stereocenters. The maximum Gasteiger partial charge on any atom is 0.537 e. The van der Waals surface area contributed by atoms with Crippen LogP contribution in [0.25, 0.3) is 22.3 Å². The Balaban J connectivity index is 1.17. The number of aryl methyl sites for hydroxylation is 1. The van der Waals surface area contributed by atoms with Crippen molar-refractivity contribution in [1.82, 2.24) is 39.0 Å². The quantitative estimate of drug-likeness (QED) is 0.101. The molecule has 0 N–H and O–H groups in total. The van der Waals surface area contributed by atoms with Gasteiger partial charge in [-0.2, -0.15) is 0 Å². The fourth-order valence-corrected chi connectivity index (χ4v) is 9.66. The Labute approximate surface area is 347 Å². The van der Waals surface area contributed by atoms with E-state index in [1.54, 1.807) is 24.3 Å². The van der Waals surface area contributed by atoms with E-state index in [4.69, 9.17) is 23.2 Å². The maximum atomic E-state index is 17.0. The molecule has 0 spiro atoms. The zero-order chi connectivity index (χ0) is 42.3. The number of halogens is 2. The summed E-state index contributed by atoms with van der Waals surface area (Å²) in [5.41, 5.74) is 2.46. The Kier molecular flexibility index (Phi) is 12.0. The minimum atomic E-state index is -2.58. The monoisotopic (exact) mass is 864 g/mol. The van der Waals surface area contributed by atoms with Crippen LogP contribution in [-0.4, -0.2) is 110 Å². The molecule has 3 aliphatic rings. The summed E-state index contributed by atoms with van der Waals surface area (Å²) in [7, 11) is -5.14. The van der Waals surface area contributed by atoms with Crippen molar-refractivity contribution < 1.29 is 41.3 Å². The van der Waals surface area contributed by atoms with Crippen LogP contribution in [-0.2, 0) is 34.1 Å². The molecule has 2 fully saturated rings. The van der Waals surface area contributed by atoms with Crippen LogP contribution in [0.2, 0.25) is 18.1 Å². The van der Waals surface area contributed by atoms with Gasteiger partial charge in [-0.3, -0.25) is 18.8 Å². The van der Waals surface area contributed by atoms with E-state index in [-0.39, 0.29) is 41.1 Å². The van der Waals surface area contributed by atoms with Gasteiger partial charge < -0.3 is 18.6 Å². The number of hydrogen-bond donors (Lipinski definition) is 0. The molecule has 318 valence electrons. The van der Waals surface area contributed by atoms with Gasteiger partial charge in [0.2, 0.25) is 0 Å². The number of fused-ring (bicyclic) bond motifs is 6. The number of rotatable bonds is 4. The molecule has 8 rings (SSSR count). The van der Waals surface area contributed by atoms with Crippen molar-refractivity contribution in [2.75, 3.05) is 24.4 Å². The van der Waals surface area contributed by atoms with Gasteiger partial charge in [0.05, 0.1) is 31.1 Å². The number of alkyl halides is 2. The topological polar surface area (TPSA) is 171 Å². The molecule has 4 aromatic heterocycles. The summed E-state index contributed by atoms with van der Waals surface area (Å²) < 4.78 is 80.6. The number of carbonyl (C=O) groups excluding carboxylic acids is 1. The second kappa shape index (κ2) is 17.1. The summed E-state index contributed by atoms with van der Waals surface area (Å²) in [6.45, 7) is 11.9. The predicted molar refractivity (Wildman–Crippen MR) is 219 cm³/mol. The highest BCUT2D eigenvalue weighted by Crippen LogP contribution is 2.44. The molecule has 3 aliphatic heterocycles. The van der Waals surface area contributed by atoms with Crippen LogP contribution >= 0.6 is 8.03 Å². The molecule has 1 amide bonds. The number of ether oxygens (including phenoxy) is 3. The van der Waals surface area contributed by atoms with E-state index in [0.29, 0.717) is 41.7 Å². The fraction of sp³-hybridized carbons (Fsp3) is 0.525. The van der Waals surface area contributed by atoms with E-state index >= 15 is 8.78 Å². The number of benzene rings is 1. The molecule has 60 heavy (non-hydrogen) atoms. The van der Waals surface area contributed by atoms with Gasteiger partial charge in [0.25, 0.3) is 12.3 Å². The van der Waals surface area contributed by atoms with Crippen molar-refractivity contribution >= 4 is 50.4 Å². The molecule has 12 bridgehead atoms. The van der Waals surface area contributed by atoms with E-state index < -0.39 is 71.9 Å².